The molecule has 5 nitrogen and oxygen atoms in total. The molecular weight excluding hydrogens is 288 g/mol. The molecule has 0 spiro atoms. The van der Waals surface area contributed by atoms with Crippen molar-refractivity contribution in [3.63, 3.8) is 0 Å². The number of para-hydroxylation sites is 1. The number of imidazole rings is 1. The first-order chi connectivity index (χ1) is 11.2. The van der Waals surface area contributed by atoms with Crippen LogP contribution in [0.25, 0.3) is 27.5 Å². The highest BCUT2D eigenvalue weighted by atomic mass is 16.5. The maximum atomic E-state index is 9.44. The largest absolute Gasteiger partial charge is 0.495 e. The van der Waals surface area contributed by atoms with Crippen molar-refractivity contribution in [3.8, 4) is 11.8 Å². The number of H-pyrrole nitrogens is 1. The number of benzene rings is 1. The van der Waals surface area contributed by atoms with Crippen LogP contribution in [0.2, 0.25) is 0 Å². The lowest BCUT2D eigenvalue weighted by Gasteiger charge is -2.01. The summed E-state index contributed by atoms with van der Waals surface area (Å²) in [5.41, 5.74) is 4.13. The first-order valence-electron chi connectivity index (χ1n) is 7.59. The van der Waals surface area contributed by atoms with Crippen LogP contribution in [0.15, 0.2) is 30.6 Å². The maximum Gasteiger partial charge on any atom is 0.147 e. The number of hydrogen-bond donors (Lipinski definition) is 1. The standard InChI is InChI=1S/C16H12N4O.C2H6/c1-9-7-18-16-13-11-4-3-5-12(21-2)15(11)19-14(13)10(6-17)8-20(9)16;1-2/h3-5,7-8,19H,1-2H3;1-2H3. The lowest BCUT2D eigenvalue weighted by Crippen LogP contribution is -1.91. The Labute approximate surface area is 134 Å². The van der Waals surface area contributed by atoms with Crippen molar-refractivity contribution in [2.24, 2.45) is 0 Å². The maximum absolute atomic E-state index is 9.44. The van der Waals surface area contributed by atoms with Gasteiger partial charge in [0.2, 0.25) is 0 Å². The van der Waals surface area contributed by atoms with Gasteiger partial charge in [0.15, 0.2) is 0 Å². The van der Waals surface area contributed by atoms with Gasteiger partial charge in [0.1, 0.15) is 17.5 Å². The van der Waals surface area contributed by atoms with Crippen LogP contribution >= 0.6 is 0 Å². The third-order valence-electron chi connectivity index (χ3n) is 3.87. The highest BCUT2D eigenvalue weighted by molar-refractivity contribution is 6.16. The molecule has 0 aliphatic carbocycles. The Kier molecular flexibility index (Phi) is 3.67. The van der Waals surface area contributed by atoms with Crippen molar-refractivity contribution in [1.82, 2.24) is 14.4 Å². The van der Waals surface area contributed by atoms with Gasteiger partial charge in [-0.1, -0.05) is 26.0 Å². The van der Waals surface area contributed by atoms with Crippen LogP contribution in [0.1, 0.15) is 25.1 Å². The molecule has 0 aliphatic heterocycles. The molecular formula is C18H18N4O. The number of aromatic nitrogens is 3. The molecule has 23 heavy (non-hydrogen) atoms. The summed E-state index contributed by atoms with van der Waals surface area (Å²) in [5.74, 6) is 0.758. The molecule has 5 heteroatoms. The molecule has 0 radical (unpaired) electrons. The Morgan fingerprint density at radius 3 is 2.74 bits per heavy atom. The third kappa shape index (κ3) is 2.03. The highest BCUT2D eigenvalue weighted by Gasteiger charge is 2.16. The van der Waals surface area contributed by atoms with Crippen LogP contribution < -0.4 is 4.74 Å². The van der Waals surface area contributed by atoms with Crippen molar-refractivity contribution in [2.75, 3.05) is 7.11 Å². The molecule has 0 bridgehead atoms. The summed E-state index contributed by atoms with van der Waals surface area (Å²) in [5, 5.41) is 11.4. The summed E-state index contributed by atoms with van der Waals surface area (Å²) >= 11 is 0. The van der Waals surface area contributed by atoms with E-state index in [2.05, 4.69) is 16.0 Å². The smallest absolute Gasteiger partial charge is 0.147 e. The second-order valence-electron chi connectivity index (χ2n) is 5.01. The van der Waals surface area contributed by atoms with Gasteiger partial charge in [-0.25, -0.2) is 4.98 Å². The zero-order valence-corrected chi connectivity index (χ0v) is 13.6. The van der Waals surface area contributed by atoms with Crippen LogP contribution in [0.4, 0.5) is 0 Å². The van der Waals surface area contributed by atoms with E-state index in [0.29, 0.717) is 5.56 Å². The number of fused-ring (bicyclic) bond motifs is 5. The molecule has 116 valence electrons. The molecule has 0 unspecified atom stereocenters. The van der Waals surface area contributed by atoms with Crippen molar-refractivity contribution in [3.05, 3.63) is 41.9 Å². The van der Waals surface area contributed by atoms with Gasteiger partial charge in [-0.05, 0) is 13.0 Å². The highest BCUT2D eigenvalue weighted by Crippen LogP contribution is 2.35. The van der Waals surface area contributed by atoms with Gasteiger partial charge in [-0.2, -0.15) is 5.26 Å². The lowest BCUT2D eigenvalue weighted by molar-refractivity contribution is 0.419. The van der Waals surface area contributed by atoms with E-state index < -0.39 is 0 Å². The normalized spacial score (nSPS) is 10.6. The molecule has 1 aromatic carbocycles. The van der Waals surface area contributed by atoms with Gasteiger partial charge in [0.25, 0.3) is 0 Å². The van der Waals surface area contributed by atoms with Crippen LogP contribution in [-0.2, 0) is 0 Å². The average Bonchev–Trinajstić information content (AvgIpc) is 3.16. The first-order valence-corrected chi connectivity index (χ1v) is 7.59. The van der Waals surface area contributed by atoms with Crippen LogP contribution in [-0.4, -0.2) is 21.5 Å². The number of methoxy groups -OCH3 is 1. The van der Waals surface area contributed by atoms with Crippen LogP contribution in [0.5, 0.6) is 5.75 Å². The summed E-state index contributed by atoms with van der Waals surface area (Å²) in [6.07, 6.45) is 3.64. The first kappa shape index (κ1) is 14.9. The van der Waals surface area contributed by atoms with Gasteiger partial charge in [0.05, 0.1) is 29.1 Å². The fraction of sp³-hybridized carbons (Fsp3) is 0.222. The summed E-state index contributed by atoms with van der Waals surface area (Å²) in [6.45, 7) is 5.97. The SMILES string of the molecule is CC.COc1cccc2c1[nH]c1c(C#N)cn3c(C)cnc3c12. The molecule has 0 atom stereocenters. The Balaban J connectivity index is 0.000000753. The molecule has 0 saturated carbocycles. The zero-order chi connectivity index (χ0) is 16.6. The minimum absolute atomic E-state index is 0.594. The summed E-state index contributed by atoms with van der Waals surface area (Å²) < 4.78 is 7.36. The fourth-order valence-corrected chi connectivity index (χ4v) is 2.87. The molecule has 4 aromatic rings. The van der Waals surface area contributed by atoms with E-state index >= 15 is 0 Å². The summed E-state index contributed by atoms with van der Waals surface area (Å²) in [7, 11) is 1.64. The third-order valence-corrected chi connectivity index (χ3v) is 3.87. The average molecular weight is 306 g/mol. The molecule has 1 N–H and O–H groups in total. The van der Waals surface area contributed by atoms with Gasteiger partial charge in [-0.15, -0.1) is 0 Å². The van der Waals surface area contributed by atoms with Gasteiger partial charge in [-0.3, -0.25) is 0 Å². The molecule has 0 fully saturated rings. The summed E-state index contributed by atoms with van der Waals surface area (Å²) in [6, 6.07) is 8.12. The van der Waals surface area contributed by atoms with E-state index in [1.807, 2.05) is 55.8 Å². The number of aryl methyl sites for hydroxylation is 1. The van der Waals surface area contributed by atoms with E-state index in [4.69, 9.17) is 4.74 Å². The Bertz CT molecular complexity index is 1050. The number of aromatic amines is 1. The predicted octanol–water partition coefficient (Wildman–Crippen LogP) is 4.18. The molecule has 3 aromatic heterocycles. The predicted molar refractivity (Wildman–Crippen MR) is 91.9 cm³/mol. The van der Waals surface area contributed by atoms with E-state index in [0.717, 1.165) is 38.9 Å². The van der Waals surface area contributed by atoms with E-state index in [9.17, 15) is 5.26 Å². The fourth-order valence-electron chi connectivity index (χ4n) is 2.87. The van der Waals surface area contributed by atoms with E-state index in [-0.39, 0.29) is 0 Å². The number of nitrogens with zero attached hydrogens (tertiary/aromatic N) is 3. The molecule has 0 amide bonds. The minimum Gasteiger partial charge on any atom is -0.495 e. The number of nitriles is 1. The Hall–Kier alpha value is -3.00. The zero-order valence-electron chi connectivity index (χ0n) is 13.6. The van der Waals surface area contributed by atoms with Gasteiger partial charge in [0, 0.05) is 23.5 Å². The van der Waals surface area contributed by atoms with Crippen molar-refractivity contribution in [2.45, 2.75) is 20.8 Å². The number of hydrogen-bond acceptors (Lipinski definition) is 3. The molecule has 0 saturated heterocycles. The minimum atomic E-state index is 0.594. The van der Waals surface area contributed by atoms with Crippen molar-refractivity contribution in [1.29, 1.82) is 5.26 Å². The number of rotatable bonds is 1. The number of nitrogens with one attached hydrogen (secondary N) is 1. The van der Waals surface area contributed by atoms with Crippen LogP contribution in [0, 0.1) is 18.3 Å². The summed E-state index contributed by atoms with van der Waals surface area (Å²) in [4.78, 5) is 7.81. The monoisotopic (exact) mass is 306 g/mol. The second-order valence-corrected chi connectivity index (χ2v) is 5.01. The quantitative estimate of drug-likeness (QED) is 0.573. The Morgan fingerprint density at radius 2 is 2.04 bits per heavy atom. The molecule has 3 heterocycles. The molecule has 0 aliphatic rings. The number of pyridine rings is 1. The Morgan fingerprint density at radius 1 is 1.26 bits per heavy atom. The second kappa shape index (κ2) is 5.65. The van der Waals surface area contributed by atoms with E-state index in [1.165, 1.54) is 0 Å². The van der Waals surface area contributed by atoms with Crippen LogP contribution in [0.3, 0.4) is 0 Å². The van der Waals surface area contributed by atoms with E-state index in [1.54, 1.807) is 7.11 Å². The van der Waals surface area contributed by atoms with Crippen molar-refractivity contribution < 1.29 is 4.74 Å². The molecule has 4 rings (SSSR count). The number of ether oxygens (including phenoxy) is 1. The lowest BCUT2D eigenvalue weighted by atomic mass is 10.1. The van der Waals surface area contributed by atoms with Crippen molar-refractivity contribution >= 4 is 27.5 Å². The topological polar surface area (TPSA) is 66.1 Å². The van der Waals surface area contributed by atoms with Gasteiger partial charge < -0.3 is 14.1 Å². The van der Waals surface area contributed by atoms with Gasteiger partial charge >= 0.3 is 0 Å².